The molecule has 0 bridgehead atoms. The molecule has 0 amide bonds. The van der Waals surface area contributed by atoms with Crippen LogP contribution in [-0.2, 0) is 17.6 Å². The molecular formula is C37H32O9. The van der Waals surface area contributed by atoms with Gasteiger partial charge in [0.15, 0.2) is 17.3 Å². The summed E-state index contributed by atoms with van der Waals surface area (Å²) in [4.78, 5) is 26.5. The van der Waals surface area contributed by atoms with Gasteiger partial charge in [0, 0.05) is 35.4 Å². The first-order valence-electron chi connectivity index (χ1n) is 15.1. The van der Waals surface area contributed by atoms with E-state index in [2.05, 4.69) is 12.1 Å². The van der Waals surface area contributed by atoms with Crippen molar-refractivity contribution in [3.05, 3.63) is 106 Å². The molecule has 0 aromatic heterocycles. The van der Waals surface area contributed by atoms with Gasteiger partial charge in [0.25, 0.3) is 0 Å². The SMILES string of the molecule is COc1ccc(/C=C2\Oc3c(ccc4c3[C@@H](c3ccccc3OCCc3ccc5c(c3)CCO5)CC(=O)O4)C2=O)c(OC)c1OC. The van der Waals surface area contributed by atoms with Crippen LogP contribution in [0.15, 0.2) is 72.5 Å². The van der Waals surface area contributed by atoms with Crippen molar-refractivity contribution in [1.82, 2.24) is 0 Å². The number of methoxy groups -OCH3 is 3. The highest BCUT2D eigenvalue weighted by Crippen LogP contribution is 2.51. The molecule has 46 heavy (non-hydrogen) atoms. The maximum atomic E-state index is 13.7. The third kappa shape index (κ3) is 5.17. The molecule has 0 saturated carbocycles. The molecule has 9 nitrogen and oxygen atoms in total. The number of allylic oxidation sites excluding steroid dienone is 1. The van der Waals surface area contributed by atoms with Crippen LogP contribution in [0.3, 0.4) is 0 Å². The quantitative estimate of drug-likeness (QED) is 0.121. The summed E-state index contributed by atoms with van der Waals surface area (Å²) in [7, 11) is 4.57. The van der Waals surface area contributed by atoms with Gasteiger partial charge in [-0.3, -0.25) is 9.59 Å². The highest BCUT2D eigenvalue weighted by Gasteiger charge is 2.39. The first kappa shape index (κ1) is 29.3. The molecule has 0 saturated heterocycles. The number of fused-ring (bicyclic) bond motifs is 4. The molecule has 3 heterocycles. The van der Waals surface area contributed by atoms with Crippen LogP contribution >= 0.6 is 0 Å². The molecule has 0 unspecified atom stereocenters. The number of para-hydroxylation sites is 1. The van der Waals surface area contributed by atoms with Crippen molar-refractivity contribution in [1.29, 1.82) is 0 Å². The summed E-state index contributed by atoms with van der Waals surface area (Å²) in [6, 6.07) is 20.7. The predicted octanol–water partition coefficient (Wildman–Crippen LogP) is 6.33. The van der Waals surface area contributed by atoms with Crippen molar-refractivity contribution in [2.45, 2.75) is 25.2 Å². The molecule has 0 radical (unpaired) electrons. The molecule has 234 valence electrons. The van der Waals surface area contributed by atoms with E-state index in [9.17, 15) is 9.59 Å². The van der Waals surface area contributed by atoms with E-state index in [1.54, 1.807) is 30.3 Å². The lowest BCUT2D eigenvalue weighted by atomic mass is 9.84. The molecule has 3 aliphatic heterocycles. The van der Waals surface area contributed by atoms with Crippen LogP contribution in [0.2, 0.25) is 0 Å². The number of ketones is 1. The molecule has 0 aliphatic carbocycles. The second-order valence-electron chi connectivity index (χ2n) is 11.1. The molecule has 0 fully saturated rings. The van der Waals surface area contributed by atoms with Crippen LogP contribution in [0.1, 0.15) is 50.5 Å². The molecule has 9 heteroatoms. The normalized spacial score (nSPS) is 16.9. The van der Waals surface area contributed by atoms with Crippen molar-refractivity contribution in [3.63, 3.8) is 0 Å². The monoisotopic (exact) mass is 620 g/mol. The summed E-state index contributed by atoms with van der Waals surface area (Å²) < 4.78 is 40.4. The van der Waals surface area contributed by atoms with Gasteiger partial charge in [-0.15, -0.1) is 0 Å². The highest BCUT2D eigenvalue weighted by molar-refractivity contribution is 6.15. The fourth-order valence-electron chi connectivity index (χ4n) is 6.33. The van der Waals surface area contributed by atoms with E-state index in [1.165, 1.54) is 32.5 Å². The van der Waals surface area contributed by atoms with Gasteiger partial charge in [-0.2, -0.15) is 0 Å². The van der Waals surface area contributed by atoms with Crippen molar-refractivity contribution < 1.29 is 42.7 Å². The first-order valence-corrected chi connectivity index (χ1v) is 15.1. The van der Waals surface area contributed by atoms with Gasteiger partial charge in [-0.25, -0.2) is 0 Å². The van der Waals surface area contributed by atoms with Gasteiger partial charge in [-0.1, -0.05) is 30.3 Å². The Labute approximate surface area is 266 Å². The summed E-state index contributed by atoms with van der Waals surface area (Å²) in [6.07, 6.45) is 3.31. The first-order chi connectivity index (χ1) is 22.5. The minimum absolute atomic E-state index is 0.0642. The second-order valence-corrected chi connectivity index (χ2v) is 11.1. The van der Waals surface area contributed by atoms with Gasteiger partial charge in [0.2, 0.25) is 11.5 Å². The third-order valence-corrected chi connectivity index (χ3v) is 8.50. The number of rotatable bonds is 9. The fraction of sp³-hybridized carbons (Fsp3) is 0.243. The average molecular weight is 621 g/mol. The summed E-state index contributed by atoms with van der Waals surface area (Å²) in [6.45, 7) is 1.16. The Bertz CT molecular complexity index is 1890. The van der Waals surface area contributed by atoms with E-state index in [-0.39, 0.29) is 23.9 Å². The number of carbonyl (C=O) groups is 2. The van der Waals surface area contributed by atoms with Crippen LogP contribution in [0, 0.1) is 0 Å². The average Bonchev–Trinajstić information content (AvgIpc) is 3.67. The summed E-state index contributed by atoms with van der Waals surface area (Å²) >= 11 is 0. The van der Waals surface area contributed by atoms with Gasteiger partial charge < -0.3 is 33.2 Å². The van der Waals surface area contributed by atoms with E-state index >= 15 is 0 Å². The smallest absolute Gasteiger partial charge is 0.312 e. The number of Topliss-reactive ketones (excluding diaryl/α,β-unsaturated/α-hetero) is 1. The van der Waals surface area contributed by atoms with E-state index in [0.717, 1.165) is 17.7 Å². The zero-order valence-electron chi connectivity index (χ0n) is 25.7. The van der Waals surface area contributed by atoms with E-state index in [1.807, 2.05) is 30.3 Å². The largest absolute Gasteiger partial charge is 0.493 e. The number of hydrogen-bond acceptors (Lipinski definition) is 9. The molecule has 4 aromatic carbocycles. The molecule has 7 rings (SSSR count). The Hall–Kier alpha value is -5.44. The lowest BCUT2D eigenvalue weighted by Crippen LogP contribution is -2.22. The lowest BCUT2D eigenvalue weighted by Gasteiger charge is -2.27. The zero-order valence-corrected chi connectivity index (χ0v) is 25.7. The van der Waals surface area contributed by atoms with Gasteiger partial charge in [-0.05, 0) is 53.6 Å². The van der Waals surface area contributed by atoms with Crippen LogP contribution in [0.25, 0.3) is 6.08 Å². The summed E-state index contributed by atoms with van der Waals surface area (Å²) in [5.74, 6) is 2.59. The van der Waals surface area contributed by atoms with Gasteiger partial charge in [0.05, 0.1) is 46.5 Å². The van der Waals surface area contributed by atoms with Crippen LogP contribution < -0.4 is 33.2 Å². The summed E-state index contributed by atoms with van der Waals surface area (Å²) in [5, 5.41) is 0. The zero-order chi connectivity index (χ0) is 31.8. The fourth-order valence-corrected chi connectivity index (χ4v) is 6.33. The Morgan fingerprint density at radius 1 is 0.848 bits per heavy atom. The minimum Gasteiger partial charge on any atom is -0.493 e. The standard InChI is InChI=1S/C37H32O9/c1-40-30-12-9-23(35(41-2)37(30)42-3)19-31-34(39)25-10-13-29-33(36(25)46-31)26(20-32(38)45-29)24-6-4-5-7-28(24)44-16-14-21-8-11-27-22(18-21)15-17-43-27/h4-13,18-19,26H,14-17,20H2,1-3H3/b31-19-/t26-/m1/s1. The minimum atomic E-state index is -0.456. The maximum Gasteiger partial charge on any atom is 0.312 e. The molecule has 1 atom stereocenters. The number of ether oxygens (including phenoxy) is 7. The molecule has 0 N–H and O–H groups in total. The Morgan fingerprint density at radius 3 is 2.50 bits per heavy atom. The maximum absolute atomic E-state index is 13.7. The van der Waals surface area contributed by atoms with E-state index < -0.39 is 5.92 Å². The number of hydrogen-bond donors (Lipinski definition) is 0. The number of carbonyl (C=O) groups excluding carboxylic acids is 2. The summed E-state index contributed by atoms with van der Waals surface area (Å²) in [5.41, 5.74) is 4.78. The van der Waals surface area contributed by atoms with Crippen molar-refractivity contribution in [3.8, 4) is 40.2 Å². The van der Waals surface area contributed by atoms with E-state index in [4.69, 9.17) is 33.2 Å². The predicted molar refractivity (Wildman–Crippen MR) is 169 cm³/mol. The Morgan fingerprint density at radius 2 is 1.67 bits per heavy atom. The molecule has 3 aliphatic rings. The van der Waals surface area contributed by atoms with Gasteiger partial charge in [0.1, 0.15) is 23.0 Å². The van der Waals surface area contributed by atoms with Crippen molar-refractivity contribution >= 4 is 17.8 Å². The van der Waals surface area contributed by atoms with Gasteiger partial charge >= 0.3 is 5.97 Å². The van der Waals surface area contributed by atoms with Crippen LogP contribution in [0.4, 0.5) is 0 Å². The van der Waals surface area contributed by atoms with E-state index in [0.29, 0.717) is 70.8 Å². The van der Waals surface area contributed by atoms with Crippen molar-refractivity contribution in [2.75, 3.05) is 34.5 Å². The lowest BCUT2D eigenvalue weighted by molar-refractivity contribution is -0.135. The highest BCUT2D eigenvalue weighted by atomic mass is 16.5. The topological polar surface area (TPSA) is 98.8 Å². The number of benzene rings is 4. The number of esters is 1. The molecule has 4 aromatic rings. The Kier molecular flexibility index (Phi) is 7.74. The Balaban J connectivity index is 1.20. The second kappa shape index (κ2) is 12.2. The third-order valence-electron chi connectivity index (χ3n) is 8.50. The molecule has 0 spiro atoms. The van der Waals surface area contributed by atoms with Crippen LogP contribution in [-0.4, -0.2) is 46.3 Å². The molecular weight excluding hydrogens is 588 g/mol. The van der Waals surface area contributed by atoms with Crippen molar-refractivity contribution in [2.24, 2.45) is 0 Å². The van der Waals surface area contributed by atoms with Crippen LogP contribution in [0.5, 0.6) is 40.2 Å².